The summed E-state index contributed by atoms with van der Waals surface area (Å²) in [5.74, 6) is 1.84. The summed E-state index contributed by atoms with van der Waals surface area (Å²) in [6.45, 7) is 9.35. The first kappa shape index (κ1) is 15.2. The van der Waals surface area contributed by atoms with Crippen LogP contribution in [0.5, 0.6) is 23.1 Å². The van der Waals surface area contributed by atoms with Crippen molar-refractivity contribution >= 4 is 5.82 Å². The molecule has 1 aromatic rings. The lowest BCUT2D eigenvalue weighted by atomic mass is 10.3. The Bertz CT molecular complexity index is 410. The van der Waals surface area contributed by atoms with Gasteiger partial charge in [-0.1, -0.05) is 0 Å². The molecule has 0 amide bonds. The summed E-state index contributed by atoms with van der Waals surface area (Å²) in [6, 6.07) is 0. The second-order valence-electron chi connectivity index (χ2n) is 3.52. The van der Waals surface area contributed by atoms with Crippen LogP contribution in [0.1, 0.15) is 27.7 Å². The standard InChI is InChI=1S/C13H22N2O4/c1-5-16-9-10(17-6-2)12(14)15-13(19-8-4)11(9)18-7-3/h5-8H2,1-4H3,(H2,14,15). The van der Waals surface area contributed by atoms with Crippen LogP contribution in [0.4, 0.5) is 5.82 Å². The summed E-state index contributed by atoms with van der Waals surface area (Å²) in [5, 5.41) is 0. The summed E-state index contributed by atoms with van der Waals surface area (Å²) in [5.41, 5.74) is 5.88. The Balaban J connectivity index is 3.35. The summed E-state index contributed by atoms with van der Waals surface area (Å²) < 4.78 is 22.1. The van der Waals surface area contributed by atoms with Gasteiger partial charge in [-0.3, -0.25) is 0 Å². The monoisotopic (exact) mass is 270 g/mol. The van der Waals surface area contributed by atoms with E-state index in [0.717, 1.165) is 0 Å². The van der Waals surface area contributed by atoms with Crippen molar-refractivity contribution in [2.75, 3.05) is 32.2 Å². The van der Waals surface area contributed by atoms with Crippen LogP contribution in [-0.4, -0.2) is 31.4 Å². The molecule has 0 aliphatic rings. The van der Waals surface area contributed by atoms with Gasteiger partial charge in [-0.25, -0.2) is 0 Å². The molecule has 0 unspecified atom stereocenters. The number of ether oxygens (including phenoxy) is 4. The summed E-state index contributed by atoms with van der Waals surface area (Å²) >= 11 is 0. The molecule has 0 radical (unpaired) electrons. The maximum atomic E-state index is 5.88. The molecule has 2 N–H and O–H groups in total. The van der Waals surface area contributed by atoms with E-state index in [2.05, 4.69) is 4.98 Å². The second kappa shape index (κ2) is 7.56. The molecule has 0 aliphatic carbocycles. The maximum Gasteiger partial charge on any atom is 0.263 e. The van der Waals surface area contributed by atoms with E-state index in [-0.39, 0.29) is 5.82 Å². The zero-order valence-corrected chi connectivity index (χ0v) is 12.0. The summed E-state index contributed by atoms with van der Waals surface area (Å²) in [7, 11) is 0. The summed E-state index contributed by atoms with van der Waals surface area (Å²) in [4.78, 5) is 4.17. The molecule has 0 saturated carbocycles. The fraction of sp³-hybridized carbons (Fsp3) is 0.615. The van der Waals surface area contributed by atoms with Crippen LogP contribution < -0.4 is 24.7 Å². The van der Waals surface area contributed by atoms with Crippen molar-refractivity contribution in [2.45, 2.75) is 27.7 Å². The van der Waals surface area contributed by atoms with E-state index >= 15 is 0 Å². The van der Waals surface area contributed by atoms with Gasteiger partial charge in [0.05, 0.1) is 26.4 Å². The van der Waals surface area contributed by atoms with E-state index < -0.39 is 0 Å². The van der Waals surface area contributed by atoms with Crippen molar-refractivity contribution in [3.05, 3.63) is 0 Å². The van der Waals surface area contributed by atoms with E-state index in [1.807, 2.05) is 27.7 Å². The quantitative estimate of drug-likeness (QED) is 0.781. The molecular formula is C13H22N2O4. The van der Waals surface area contributed by atoms with Gasteiger partial charge >= 0.3 is 0 Å². The number of nitrogen functional groups attached to an aromatic ring is 1. The fourth-order valence-corrected chi connectivity index (χ4v) is 1.59. The van der Waals surface area contributed by atoms with Crippen LogP contribution in [0.2, 0.25) is 0 Å². The lowest BCUT2D eigenvalue weighted by Crippen LogP contribution is -2.09. The highest BCUT2D eigenvalue weighted by Crippen LogP contribution is 2.46. The van der Waals surface area contributed by atoms with E-state index in [1.165, 1.54) is 0 Å². The molecule has 0 fully saturated rings. The Kier molecular flexibility index (Phi) is 6.05. The van der Waals surface area contributed by atoms with Gasteiger partial charge in [0.25, 0.3) is 5.88 Å². The predicted molar refractivity (Wildman–Crippen MR) is 73.3 cm³/mol. The molecule has 0 spiro atoms. The lowest BCUT2D eigenvalue weighted by molar-refractivity contribution is 0.239. The van der Waals surface area contributed by atoms with Crippen molar-refractivity contribution < 1.29 is 18.9 Å². The Morgan fingerprint density at radius 3 is 1.74 bits per heavy atom. The maximum absolute atomic E-state index is 5.88. The molecule has 1 heterocycles. The largest absolute Gasteiger partial charge is 0.487 e. The van der Waals surface area contributed by atoms with Crippen molar-refractivity contribution in [2.24, 2.45) is 0 Å². The number of hydrogen-bond donors (Lipinski definition) is 1. The smallest absolute Gasteiger partial charge is 0.263 e. The van der Waals surface area contributed by atoms with Gasteiger partial charge in [-0.2, -0.15) is 4.98 Å². The van der Waals surface area contributed by atoms with E-state index in [1.54, 1.807) is 0 Å². The SMILES string of the molecule is CCOc1nc(N)c(OCC)c(OCC)c1OCC. The Morgan fingerprint density at radius 2 is 1.21 bits per heavy atom. The third-order valence-electron chi connectivity index (χ3n) is 2.21. The molecule has 1 aromatic heterocycles. The lowest BCUT2D eigenvalue weighted by Gasteiger charge is -2.18. The third kappa shape index (κ3) is 3.56. The summed E-state index contributed by atoms with van der Waals surface area (Å²) in [6.07, 6.45) is 0. The van der Waals surface area contributed by atoms with Gasteiger partial charge in [-0.15, -0.1) is 0 Å². The van der Waals surface area contributed by atoms with Gasteiger partial charge in [0.15, 0.2) is 5.82 Å². The van der Waals surface area contributed by atoms with Crippen LogP contribution >= 0.6 is 0 Å². The normalized spacial score (nSPS) is 10.1. The molecule has 1 rings (SSSR count). The Labute approximate surface area is 113 Å². The molecular weight excluding hydrogens is 248 g/mol. The van der Waals surface area contributed by atoms with Gasteiger partial charge in [0.2, 0.25) is 17.2 Å². The molecule has 108 valence electrons. The zero-order valence-electron chi connectivity index (χ0n) is 12.0. The number of pyridine rings is 1. The Morgan fingerprint density at radius 1 is 0.737 bits per heavy atom. The van der Waals surface area contributed by atoms with Crippen LogP contribution in [0.25, 0.3) is 0 Å². The minimum Gasteiger partial charge on any atom is -0.487 e. The van der Waals surface area contributed by atoms with Gasteiger partial charge in [-0.05, 0) is 27.7 Å². The van der Waals surface area contributed by atoms with Crippen LogP contribution in [0, 0.1) is 0 Å². The van der Waals surface area contributed by atoms with Crippen molar-refractivity contribution in [1.29, 1.82) is 0 Å². The average Bonchev–Trinajstić information content (AvgIpc) is 2.38. The molecule has 0 aliphatic heterocycles. The third-order valence-corrected chi connectivity index (χ3v) is 2.21. The number of nitrogens with zero attached hydrogens (tertiary/aromatic N) is 1. The first-order valence-electron chi connectivity index (χ1n) is 6.54. The number of anilines is 1. The number of aromatic nitrogens is 1. The minimum atomic E-state index is 0.234. The highest BCUT2D eigenvalue weighted by molar-refractivity contribution is 5.65. The Hall–Kier alpha value is -1.85. The molecule has 0 bridgehead atoms. The molecule has 0 atom stereocenters. The predicted octanol–water partition coefficient (Wildman–Crippen LogP) is 2.26. The van der Waals surface area contributed by atoms with Crippen LogP contribution in [0.3, 0.4) is 0 Å². The molecule has 0 saturated heterocycles. The molecule has 19 heavy (non-hydrogen) atoms. The minimum absolute atomic E-state index is 0.234. The van der Waals surface area contributed by atoms with Crippen LogP contribution in [0.15, 0.2) is 0 Å². The van der Waals surface area contributed by atoms with Gasteiger partial charge in [0.1, 0.15) is 0 Å². The van der Waals surface area contributed by atoms with Crippen molar-refractivity contribution in [1.82, 2.24) is 4.98 Å². The van der Waals surface area contributed by atoms with Gasteiger partial charge in [0, 0.05) is 0 Å². The van der Waals surface area contributed by atoms with Crippen molar-refractivity contribution in [3.63, 3.8) is 0 Å². The van der Waals surface area contributed by atoms with Crippen molar-refractivity contribution in [3.8, 4) is 23.1 Å². The number of nitrogens with two attached hydrogens (primary N) is 1. The highest BCUT2D eigenvalue weighted by Gasteiger charge is 2.23. The molecule has 6 heteroatoms. The van der Waals surface area contributed by atoms with E-state index in [9.17, 15) is 0 Å². The van der Waals surface area contributed by atoms with Crippen LogP contribution in [-0.2, 0) is 0 Å². The van der Waals surface area contributed by atoms with E-state index in [0.29, 0.717) is 49.6 Å². The zero-order chi connectivity index (χ0) is 14.3. The molecule has 6 nitrogen and oxygen atoms in total. The highest BCUT2D eigenvalue weighted by atomic mass is 16.6. The second-order valence-corrected chi connectivity index (χ2v) is 3.52. The van der Waals surface area contributed by atoms with E-state index in [4.69, 9.17) is 24.7 Å². The average molecular weight is 270 g/mol. The number of hydrogen-bond acceptors (Lipinski definition) is 6. The number of rotatable bonds is 8. The topological polar surface area (TPSA) is 75.8 Å². The molecule has 0 aromatic carbocycles. The first-order valence-corrected chi connectivity index (χ1v) is 6.54. The first-order chi connectivity index (χ1) is 9.19. The van der Waals surface area contributed by atoms with Gasteiger partial charge < -0.3 is 24.7 Å². The fourth-order valence-electron chi connectivity index (χ4n) is 1.59.